The maximum Gasteiger partial charge on any atom is 0.136 e. The number of hydrogen-bond donors (Lipinski definition) is 0. The summed E-state index contributed by atoms with van der Waals surface area (Å²) in [5.41, 5.74) is 7.41. The molecule has 9 rings (SSSR count). The summed E-state index contributed by atoms with van der Waals surface area (Å²) < 4.78 is 12.5. The molecule has 0 aliphatic rings. The van der Waals surface area contributed by atoms with Crippen LogP contribution in [0.2, 0.25) is 0 Å². The van der Waals surface area contributed by atoms with Crippen LogP contribution >= 0.6 is 0 Å². The molecule has 40 heavy (non-hydrogen) atoms. The summed E-state index contributed by atoms with van der Waals surface area (Å²) in [6.07, 6.45) is 1.93. The van der Waals surface area contributed by atoms with E-state index in [0.29, 0.717) is 0 Å². The van der Waals surface area contributed by atoms with Crippen LogP contribution in [0.3, 0.4) is 0 Å². The fourth-order valence-electron chi connectivity index (χ4n) is 6.52. The smallest absolute Gasteiger partial charge is 0.136 e. The summed E-state index contributed by atoms with van der Waals surface area (Å²) in [6, 6.07) is 45.2. The quantitative estimate of drug-likeness (QED) is 0.216. The summed E-state index contributed by atoms with van der Waals surface area (Å²) in [4.78, 5) is 0. The van der Waals surface area contributed by atoms with E-state index in [4.69, 9.17) is 8.83 Å². The number of hydrogen-bond acceptors (Lipinski definition) is 2. The minimum atomic E-state index is 0.904. The van der Waals surface area contributed by atoms with Crippen LogP contribution in [-0.2, 0) is 0 Å². The molecule has 0 saturated carbocycles. The average Bonchev–Trinajstić information content (AvgIpc) is 3.59. The van der Waals surface area contributed by atoms with Gasteiger partial charge in [-0.3, -0.25) is 0 Å². The predicted molar refractivity (Wildman–Crippen MR) is 167 cm³/mol. The van der Waals surface area contributed by atoms with E-state index in [0.717, 1.165) is 44.0 Å². The molecule has 2 aromatic heterocycles. The van der Waals surface area contributed by atoms with E-state index in [1.807, 2.05) is 18.4 Å². The van der Waals surface area contributed by atoms with Crippen LogP contribution in [0.5, 0.6) is 0 Å². The highest BCUT2D eigenvalue weighted by atomic mass is 16.3. The Morgan fingerprint density at radius 3 is 1.68 bits per heavy atom. The first-order chi connectivity index (χ1) is 19.8. The van der Waals surface area contributed by atoms with Gasteiger partial charge < -0.3 is 8.83 Å². The topological polar surface area (TPSA) is 26.3 Å². The summed E-state index contributed by atoms with van der Waals surface area (Å²) >= 11 is 0. The molecule has 0 unspecified atom stereocenters. The summed E-state index contributed by atoms with van der Waals surface area (Å²) in [6.45, 7) is 0. The van der Waals surface area contributed by atoms with Gasteiger partial charge in [0.2, 0.25) is 0 Å². The van der Waals surface area contributed by atoms with E-state index in [9.17, 15) is 0 Å². The van der Waals surface area contributed by atoms with Crippen molar-refractivity contribution in [1.29, 1.82) is 0 Å². The summed E-state index contributed by atoms with van der Waals surface area (Å²) in [5.74, 6) is 0. The van der Waals surface area contributed by atoms with Crippen molar-refractivity contribution in [2.75, 3.05) is 0 Å². The highest BCUT2D eigenvalue weighted by Gasteiger charge is 2.20. The zero-order valence-corrected chi connectivity index (χ0v) is 21.5. The summed E-state index contributed by atoms with van der Waals surface area (Å²) in [7, 11) is 0. The highest BCUT2D eigenvalue weighted by Crippen LogP contribution is 2.46. The monoisotopic (exact) mass is 510 g/mol. The molecule has 0 aliphatic heterocycles. The lowest BCUT2D eigenvalue weighted by molar-refractivity contribution is 0.617. The molecular formula is C38H22O2. The van der Waals surface area contributed by atoms with Crippen molar-refractivity contribution in [1.82, 2.24) is 0 Å². The Kier molecular flexibility index (Phi) is 4.36. The van der Waals surface area contributed by atoms with Gasteiger partial charge in [0.25, 0.3) is 0 Å². The normalized spacial score (nSPS) is 12.0. The molecule has 0 aliphatic carbocycles. The molecule has 2 nitrogen and oxygen atoms in total. The van der Waals surface area contributed by atoms with E-state index >= 15 is 0 Å². The molecule has 0 spiro atoms. The van der Waals surface area contributed by atoms with Gasteiger partial charge >= 0.3 is 0 Å². The largest absolute Gasteiger partial charge is 0.464 e. The lowest BCUT2D eigenvalue weighted by Gasteiger charge is -2.17. The average molecular weight is 511 g/mol. The molecular weight excluding hydrogens is 488 g/mol. The second kappa shape index (κ2) is 8.08. The molecule has 2 heteroatoms. The van der Waals surface area contributed by atoms with Crippen molar-refractivity contribution in [3.8, 4) is 22.3 Å². The number of benzene rings is 7. The second-order valence-electron chi connectivity index (χ2n) is 10.5. The SMILES string of the molecule is c1ccc2cc3c(-c4c5ccccc5c(-c5ccc6c(c5)oc5ccccc56)c5ccccc45)coc3cc2c1. The standard InChI is InChI=1S/C38H22O2/c1-2-10-24-20-35-32(19-23(24)9-1)33(22-39-35)38-30-14-5-3-12-28(30)37(29-13-4-6-15-31(29)38)25-17-18-27-26-11-7-8-16-34(26)40-36(27)21-25/h1-22H. The molecule has 186 valence electrons. The van der Waals surface area contributed by atoms with E-state index in [-0.39, 0.29) is 0 Å². The van der Waals surface area contributed by atoms with Crippen molar-refractivity contribution in [2.45, 2.75) is 0 Å². The maximum absolute atomic E-state index is 6.29. The minimum absolute atomic E-state index is 0.904. The van der Waals surface area contributed by atoms with Gasteiger partial charge in [0.1, 0.15) is 16.7 Å². The van der Waals surface area contributed by atoms with Crippen molar-refractivity contribution in [2.24, 2.45) is 0 Å². The van der Waals surface area contributed by atoms with E-state index in [1.165, 1.54) is 43.4 Å². The fourth-order valence-corrected chi connectivity index (χ4v) is 6.52. The van der Waals surface area contributed by atoms with Gasteiger partial charge in [-0.1, -0.05) is 97.1 Å². The molecule has 0 bridgehead atoms. The van der Waals surface area contributed by atoms with Gasteiger partial charge in [-0.25, -0.2) is 0 Å². The Morgan fingerprint density at radius 1 is 0.375 bits per heavy atom. The van der Waals surface area contributed by atoms with Crippen LogP contribution < -0.4 is 0 Å². The van der Waals surface area contributed by atoms with Crippen molar-refractivity contribution >= 4 is 65.2 Å². The Bertz CT molecular complexity index is 2380. The molecule has 0 amide bonds. The van der Waals surface area contributed by atoms with Gasteiger partial charge in [0, 0.05) is 27.3 Å². The predicted octanol–water partition coefficient (Wildman–Crippen LogP) is 11.1. The molecule has 7 aromatic carbocycles. The Morgan fingerprint density at radius 2 is 0.950 bits per heavy atom. The van der Waals surface area contributed by atoms with Crippen molar-refractivity contribution in [3.05, 3.63) is 134 Å². The molecule has 9 aromatic rings. The molecule has 0 radical (unpaired) electrons. The number of para-hydroxylation sites is 1. The van der Waals surface area contributed by atoms with E-state index in [1.54, 1.807) is 0 Å². The van der Waals surface area contributed by atoms with Crippen LogP contribution in [0.4, 0.5) is 0 Å². The highest BCUT2D eigenvalue weighted by molar-refractivity contribution is 6.24. The van der Waals surface area contributed by atoms with Crippen molar-refractivity contribution < 1.29 is 8.83 Å². The Hall–Kier alpha value is -5.34. The van der Waals surface area contributed by atoms with Gasteiger partial charge in [-0.15, -0.1) is 0 Å². The van der Waals surface area contributed by atoms with E-state index < -0.39 is 0 Å². The van der Waals surface area contributed by atoms with Crippen LogP contribution in [0, 0.1) is 0 Å². The van der Waals surface area contributed by atoms with Crippen LogP contribution in [-0.4, -0.2) is 0 Å². The number of furan rings is 2. The van der Waals surface area contributed by atoms with E-state index in [2.05, 4.69) is 115 Å². The van der Waals surface area contributed by atoms with Crippen LogP contribution in [0.15, 0.2) is 142 Å². The first-order valence-electron chi connectivity index (χ1n) is 13.6. The van der Waals surface area contributed by atoms with Gasteiger partial charge in [0.05, 0.1) is 6.26 Å². The zero-order valence-electron chi connectivity index (χ0n) is 21.5. The molecule has 0 N–H and O–H groups in total. The third-order valence-corrected chi connectivity index (χ3v) is 8.31. The number of fused-ring (bicyclic) bond motifs is 7. The lowest BCUT2D eigenvalue weighted by atomic mass is 9.85. The third-order valence-electron chi connectivity index (χ3n) is 8.31. The van der Waals surface area contributed by atoms with Gasteiger partial charge in [0.15, 0.2) is 0 Å². The Labute approximate surface area is 229 Å². The number of rotatable bonds is 2. The minimum Gasteiger partial charge on any atom is -0.464 e. The first kappa shape index (κ1) is 21.6. The second-order valence-corrected chi connectivity index (χ2v) is 10.5. The zero-order chi connectivity index (χ0) is 26.2. The van der Waals surface area contributed by atoms with Crippen LogP contribution in [0.25, 0.3) is 87.5 Å². The van der Waals surface area contributed by atoms with Gasteiger partial charge in [-0.05, 0) is 73.8 Å². The third kappa shape index (κ3) is 2.99. The first-order valence-corrected chi connectivity index (χ1v) is 13.6. The molecule has 0 fully saturated rings. The Balaban J connectivity index is 1.38. The summed E-state index contributed by atoms with van der Waals surface area (Å²) in [5, 5.41) is 10.6. The lowest BCUT2D eigenvalue weighted by Crippen LogP contribution is -1.90. The molecule has 0 saturated heterocycles. The molecule has 0 atom stereocenters. The van der Waals surface area contributed by atoms with Crippen molar-refractivity contribution in [3.63, 3.8) is 0 Å². The maximum atomic E-state index is 6.29. The van der Waals surface area contributed by atoms with Crippen LogP contribution in [0.1, 0.15) is 0 Å². The molecule has 2 heterocycles. The van der Waals surface area contributed by atoms with Gasteiger partial charge in [-0.2, -0.15) is 0 Å². The fraction of sp³-hybridized carbons (Fsp3) is 0.